The molecule has 2 aromatic rings. The molecule has 0 aliphatic carbocycles. The van der Waals surface area contributed by atoms with Gasteiger partial charge in [-0.2, -0.15) is 0 Å². The van der Waals surface area contributed by atoms with Gasteiger partial charge in [0.15, 0.2) is 5.96 Å². The molecule has 30 heavy (non-hydrogen) atoms. The van der Waals surface area contributed by atoms with Crippen LogP contribution >= 0.6 is 24.0 Å². The molecule has 1 saturated heterocycles. The smallest absolute Gasteiger partial charge is 0.227 e. The summed E-state index contributed by atoms with van der Waals surface area (Å²) < 4.78 is 0. The van der Waals surface area contributed by atoms with Gasteiger partial charge in [0.25, 0.3) is 0 Å². The molecule has 0 unspecified atom stereocenters. The second kappa shape index (κ2) is 11.7. The maximum absolute atomic E-state index is 11.9. The number of guanidine groups is 1. The first-order chi connectivity index (χ1) is 14.1. The average Bonchev–Trinajstić information content (AvgIpc) is 3.16. The molecule has 1 aliphatic heterocycles. The van der Waals surface area contributed by atoms with Gasteiger partial charge >= 0.3 is 0 Å². The number of anilines is 2. The number of nitrogens with one attached hydrogen (secondary N) is 2. The van der Waals surface area contributed by atoms with Crippen LogP contribution < -0.4 is 20.4 Å². The Morgan fingerprint density at radius 1 is 1.20 bits per heavy atom. The highest BCUT2D eigenvalue weighted by Gasteiger charge is 2.21. The van der Waals surface area contributed by atoms with Crippen LogP contribution in [0.5, 0.6) is 0 Å². The van der Waals surface area contributed by atoms with E-state index in [0.29, 0.717) is 19.5 Å². The lowest BCUT2D eigenvalue weighted by Crippen LogP contribution is -2.37. The molecule has 0 atom stereocenters. The minimum atomic E-state index is 0. The van der Waals surface area contributed by atoms with E-state index in [1.165, 1.54) is 0 Å². The first-order valence-electron chi connectivity index (χ1n) is 10.1. The van der Waals surface area contributed by atoms with Crippen molar-refractivity contribution in [1.82, 2.24) is 15.6 Å². The van der Waals surface area contributed by atoms with Crippen molar-refractivity contribution in [2.45, 2.75) is 32.9 Å². The van der Waals surface area contributed by atoms with E-state index in [1.54, 1.807) is 6.20 Å². The van der Waals surface area contributed by atoms with E-state index < -0.39 is 0 Å². The van der Waals surface area contributed by atoms with Crippen molar-refractivity contribution in [3.63, 3.8) is 0 Å². The molecule has 3 rings (SSSR count). The normalized spacial score (nSPS) is 13.8. The summed E-state index contributed by atoms with van der Waals surface area (Å²) in [5.74, 6) is 1.92. The summed E-state index contributed by atoms with van der Waals surface area (Å²) in [6, 6.07) is 12.1. The van der Waals surface area contributed by atoms with Crippen molar-refractivity contribution >= 4 is 47.3 Å². The molecule has 1 aromatic heterocycles. The zero-order chi connectivity index (χ0) is 20.6. The topological polar surface area (TPSA) is 72.9 Å². The fourth-order valence-electron chi connectivity index (χ4n) is 3.36. The number of halogens is 1. The number of aliphatic imine (C=N–C) groups is 1. The highest BCUT2D eigenvalue weighted by molar-refractivity contribution is 14.0. The van der Waals surface area contributed by atoms with Gasteiger partial charge in [0.2, 0.25) is 5.91 Å². The van der Waals surface area contributed by atoms with Crippen LogP contribution in [0.2, 0.25) is 0 Å². The van der Waals surface area contributed by atoms with Crippen LogP contribution in [0.4, 0.5) is 11.5 Å². The highest BCUT2D eigenvalue weighted by atomic mass is 127. The monoisotopic (exact) mass is 522 g/mol. The second-order valence-electron chi connectivity index (χ2n) is 7.24. The summed E-state index contributed by atoms with van der Waals surface area (Å²) >= 11 is 0. The lowest BCUT2D eigenvalue weighted by Gasteiger charge is -2.17. The average molecular weight is 522 g/mol. The second-order valence-corrected chi connectivity index (χ2v) is 7.24. The van der Waals surface area contributed by atoms with Crippen LogP contribution in [0.3, 0.4) is 0 Å². The van der Waals surface area contributed by atoms with Crippen LogP contribution in [-0.4, -0.2) is 44.0 Å². The van der Waals surface area contributed by atoms with E-state index >= 15 is 0 Å². The lowest BCUT2D eigenvalue weighted by molar-refractivity contribution is -0.117. The van der Waals surface area contributed by atoms with Gasteiger partial charge in [-0.3, -0.25) is 4.79 Å². The Morgan fingerprint density at radius 2 is 1.97 bits per heavy atom. The zero-order valence-corrected chi connectivity index (χ0v) is 20.2. The Kier molecular flexibility index (Phi) is 9.35. The van der Waals surface area contributed by atoms with Crippen LogP contribution in [0.25, 0.3) is 0 Å². The summed E-state index contributed by atoms with van der Waals surface area (Å²) in [5.41, 5.74) is 3.19. The van der Waals surface area contributed by atoms with Gasteiger partial charge in [0, 0.05) is 57.6 Å². The Labute approximate surface area is 196 Å². The number of nitrogens with zero attached hydrogens (tertiary/aromatic N) is 4. The maximum Gasteiger partial charge on any atom is 0.227 e. The third-order valence-corrected chi connectivity index (χ3v) is 4.82. The first-order valence-corrected chi connectivity index (χ1v) is 10.1. The van der Waals surface area contributed by atoms with Crippen LogP contribution in [0.1, 0.15) is 30.9 Å². The third-order valence-electron chi connectivity index (χ3n) is 4.82. The van der Waals surface area contributed by atoms with Crippen molar-refractivity contribution in [2.75, 3.05) is 37.0 Å². The Morgan fingerprint density at radius 3 is 2.60 bits per heavy atom. The van der Waals surface area contributed by atoms with E-state index in [0.717, 1.165) is 48.1 Å². The SMILES string of the molecule is CCNC(=NCc1ccc(N2CCCC2=O)cc1)NCc1cccnc1N(C)C.I. The Hall–Kier alpha value is -2.36. The standard InChI is InChI=1S/C22H30N6O.HI/c1-4-23-22(26-16-18-7-5-13-24-21(18)27(2)3)25-15-17-9-11-19(12-10-17)28-14-6-8-20(28)29;/h5,7,9-13H,4,6,8,14-16H2,1-3H3,(H2,23,25,26);1H. The zero-order valence-electron chi connectivity index (χ0n) is 17.9. The number of amides is 1. The molecule has 1 fully saturated rings. The summed E-state index contributed by atoms with van der Waals surface area (Å²) in [4.78, 5) is 24.9. The Bertz CT molecular complexity index is 853. The highest BCUT2D eigenvalue weighted by Crippen LogP contribution is 2.21. The van der Waals surface area contributed by atoms with Crippen molar-refractivity contribution in [1.29, 1.82) is 0 Å². The van der Waals surface area contributed by atoms with E-state index in [4.69, 9.17) is 4.99 Å². The lowest BCUT2D eigenvalue weighted by atomic mass is 10.2. The first kappa shape index (κ1) is 23.9. The van der Waals surface area contributed by atoms with Gasteiger partial charge in [-0.05, 0) is 37.1 Å². The summed E-state index contributed by atoms with van der Waals surface area (Å²) in [6.45, 7) is 4.86. The molecule has 0 spiro atoms. The van der Waals surface area contributed by atoms with Gasteiger partial charge in [-0.25, -0.2) is 9.98 Å². The molecule has 1 amide bonds. The number of aromatic nitrogens is 1. The van der Waals surface area contributed by atoms with Gasteiger partial charge in [0.1, 0.15) is 5.82 Å². The van der Waals surface area contributed by atoms with Crippen LogP contribution in [0, 0.1) is 0 Å². The molecule has 2 heterocycles. The summed E-state index contributed by atoms with van der Waals surface area (Å²) in [7, 11) is 3.98. The van der Waals surface area contributed by atoms with Crippen molar-refractivity contribution in [3.05, 3.63) is 53.7 Å². The molecule has 2 N–H and O–H groups in total. The van der Waals surface area contributed by atoms with E-state index in [-0.39, 0.29) is 29.9 Å². The fourth-order valence-corrected chi connectivity index (χ4v) is 3.36. The molecule has 0 radical (unpaired) electrons. The predicted molar refractivity (Wildman–Crippen MR) is 134 cm³/mol. The fraction of sp³-hybridized carbons (Fsp3) is 0.409. The molecular formula is C22H31IN6O. The number of carbonyl (C=O) groups excluding carboxylic acids is 1. The summed E-state index contributed by atoms with van der Waals surface area (Å²) in [6.07, 6.45) is 3.39. The molecule has 0 bridgehead atoms. The van der Waals surface area contributed by atoms with Crippen molar-refractivity contribution in [3.8, 4) is 0 Å². The van der Waals surface area contributed by atoms with Gasteiger partial charge in [-0.15, -0.1) is 24.0 Å². The molecule has 162 valence electrons. The number of rotatable bonds is 7. The number of hydrogen-bond donors (Lipinski definition) is 2. The van der Waals surface area contributed by atoms with Crippen LogP contribution in [-0.2, 0) is 17.9 Å². The number of carbonyl (C=O) groups is 1. The number of pyridine rings is 1. The van der Waals surface area contributed by atoms with Gasteiger partial charge in [0.05, 0.1) is 6.54 Å². The molecular weight excluding hydrogens is 491 g/mol. The van der Waals surface area contributed by atoms with Crippen molar-refractivity contribution in [2.24, 2.45) is 4.99 Å². The third kappa shape index (κ3) is 6.32. The minimum Gasteiger partial charge on any atom is -0.362 e. The molecule has 1 aromatic carbocycles. The Balaban J connectivity index is 0.00000320. The molecule has 0 saturated carbocycles. The van der Waals surface area contributed by atoms with Crippen LogP contribution in [0.15, 0.2) is 47.6 Å². The largest absolute Gasteiger partial charge is 0.362 e. The predicted octanol–water partition coefficient (Wildman–Crippen LogP) is 3.15. The van der Waals surface area contributed by atoms with Gasteiger partial charge < -0.3 is 20.4 Å². The quantitative estimate of drug-likeness (QED) is 0.332. The number of benzene rings is 1. The van der Waals surface area contributed by atoms with E-state index in [2.05, 4.69) is 21.7 Å². The summed E-state index contributed by atoms with van der Waals surface area (Å²) in [5, 5.41) is 6.67. The number of hydrogen-bond acceptors (Lipinski definition) is 4. The molecule has 1 aliphatic rings. The van der Waals surface area contributed by atoms with E-state index in [1.807, 2.05) is 61.2 Å². The van der Waals surface area contributed by atoms with Crippen molar-refractivity contribution < 1.29 is 4.79 Å². The van der Waals surface area contributed by atoms with Gasteiger partial charge in [-0.1, -0.05) is 18.2 Å². The minimum absolute atomic E-state index is 0. The molecule has 7 nitrogen and oxygen atoms in total. The maximum atomic E-state index is 11.9. The van der Waals surface area contributed by atoms with E-state index in [9.17, 15) is 4.79 Å². The molecule has 8 heteroatoms.